The van der Waals surface area contributed by atoms with Gasteiger partial charge in [-0.15, -0.1) is 0 Å². The van der Waals surface area contributed by atoms with Crippen LogP contribution in [0.25, 0.3) is 0 Å². The highest BCUT2D eigenvalue weighted by Crippen LogP contribution is 2.65. The van der Waals surface area contributed by atoms with Crippen molar-refractivity contribution in [3.63, 3.8) is 0 Å². The number of hydrogen-bond acceptors (Lipinski definition) is 3. The fourth-order valence-electron chi connectivity index (χ4n) is 6.25. The number of carbonyl (C=O) groups excluding carboxylic acids is 1. The van der Waals surface area contributed by atoms with Crippen LogP contribution in [-0.4, -0.2) is 19.4 Å². The van der Waals surface area contributed by atoms with E-state index in [1.165, 1.54) is 50.2 Å². The van der Waals surface area contributed by atoms with Crippen LogP contribution in [0.2, 0.25) is 0 Å². The maximum absolute atomic E-state index is 10.0. The minimum Gasteiger partial charge on any atom is -0.439 e. The van der Waals surface area contributed by atoms with E-state index in [9.17, 15) is 4.79 Å². The van der Waals surface area contributed by atoms with Gasteiger partial charge in [-0.05, 0) is 81.0 Å². The molecule has 3 aliphatic carbocycles. The van der Waals surface area contributed by atoms with E-state index >= 15 is 0 Å². The van der Waals surface area contributed by atoms with Crippen LogP contribution in [-0.2, 0) is 14.3 Å². The normalized spacial score (nSPS) is 36.0. The molecule has 3 fully saturated rings. The van der Waals surface area contributed by atoms with Gasteiger partial charge in [0, 0.05) is 13.5 Å². The van der Waals surface area contributed by atoms with Crippen molar-refractivity contribution in [2.75, 3.05) is 13.4 Å². The molecule has 2 bridgehead atoms. The highest BCUT2D eigenvalue weighted by atomic mass is 16.7. The van der Waals surface area contributed by atoms with Gasteiger partial charge in [-0.3, -0.25) is 4.79 Å². The van der Waals surface area contributed by atoms with E-state index in [1.54, 1.807) is 0 Å². The van der Waals surface area contributed by atoms with Crippen LogP contribution in [0.4, 0.5) is 0 Å². The lowest BCUT2D eigenvalue weighted by molar-refractivity contribution is -0.153. The Morgan fingerprint density at radius 2 is 1.74 bits per heavy atom. The zero-order chi connectivity index (χ0) is 20.1. The summed E-state index contributed by atoms with van der Waals surface area (Å²) in [7, 11) is 0. The van der Waals surface area contributed by atoms with E-state index < -0.39 is 0 Å². The number of esters is 1. The molecule has 0 amide bonds. The Morgan fingerprint density at radius 3 is 2.30 bits per heavy atom. The average molecular weight is 377 g/mol. The van der Waals surface area contributed by atoms with Crippen LogP contribution < -0.4 is 0 Å². The number of allylic oxidation sites excluding steroid dienone is 2. The second-order valence-electron chi connectivity index (χ2n) is 9.03. The third kappa shape index (κ3) is 5.25. The molecule has 7 atom stereocenters. The summed E-state index contributed by atoms with van der Waals surface area (Å²) in [5, 5.41) is 0. The molecule has 0 aliphatic heterocycles. The minimum absolute atomic E-state index is 0.0752. The first-order chi connectivity index (χ1) is 12.8. The second-order valence-corrected chi connectivity index (χ2v) is 9.03. The first kappa shape index (κ1) is 22.2. The smallest absolute Gasteiger partial charge is 0.304 e. The Hall–Kier alpha value is -1.09. The molecule has 0 aromatic heterocycles. The van der Waals surface area contributed by atoms with Gasteiger partial charge in [-0.25, -0.2) is 0 Å². The molecule has 27 heavy (non-hydrogen) atoms. The molecule has 0 N–H and O–H groups in total. The summed E-state index contributed by atoms with van der Waals surface area (Å²) in [6.07, 6.45) is 7.17. The maximum atomic E-state index is 10.0. The topological polar surface area (TPSA) is 35.5 Å². The molecule has 0 aromatic carbocycles. The van der Waals surface area contributed by atoms with Gasteiger partial charge in [0.2, 0.25) is 0 Å². The van der Waals surface area contributed by atoms with E-state index in [1.807, 2.05) is 6.92 Å². The predicted molar refractivity (Wildman–Crippen MR) is 111 cm³/mol. The molecule has 0 spiro atoms. The number of fused-ring (bicyclic) bond motifs is 5. The molecule has 154 valence electrons. The van der Waals surface area contributed by atoms with Crippen molar-refractivity contribution < 1.29 is 14.3 Å². The molecule has 0 radical (unpaired) electrons. The monoisotopic (exact) mass is 376 g/mol. The summed E-state index contributed by atoms with van der Waals surface area (Å²) in [6.45, 7) is 19.2. The molecule has 3 aliphatic rings. The summed E-state index contributed by atoms with van der Waals surface area (Å²) in [4.78, 5) is 10.0. The lowest BCUT2D eigenvalue weighted by atomic mass is 9.69. The largest absolute Gasteiger partial charge is 0.439 e. The minimum atomic E-state index is -0.307. The summed E-state index contributed by atoms with van der Waals surface area (Å²) in [5.74, 6) is 6.83. The van der Waals surface area contributed by atoms with E-state index in [2.05, 4.69) is 38.7 Å². The van der Waals surface area contributed by atoms with E-state index in [0.29, 0.717) is 6.61 Å². The fraction of sp³-hybridized carbons (Fsp3) is 0.792. The molecule has 3 saturated carbocycles. The Kier molecular flexibility index (Phi) is 8.15. The molecule has 7 unspecified atom stereocenters. The lowest BCUT2D eigenvalue weighted by Crippen LogP contribution is -2.29. The summed E-state index contributed by atoms with van der Waals surface area (Å²) >= 11 is 0. The van der Waals surface area contributed by atoms with Gasteiger partial charge in [0.05, 0.1) is 0 Å². The van der Waals surface area contributed by atoms with Crippen molar-refractivity contribution in [2.24, 2.45) is 41.4 Å². The second kappa shape index (κ2) is 9.91. The fourth-order valence-corrected chi connectivity index (χ4v) is 6.25. The van der Waals surface area contributed by atoms with Crippen LogP contribution in [0.5, 0.6) is 0 Å². The molecule has 0 aromatic rings. The van der Waals surface area contributed by atoms with Crippen molar-refractivity contribution in [1.82, 2.24) is 0 Å². The van der Waals surface area contributed by atoms with Gasteiger partial charge in [-0.1, -0.05) is 44.6 Å². The Bertz CT molecular complexity index is 538. The molecule has 0 saturated heterocycles. The van der Waals surface area contributed by atoms with Gasteiger partial charge in [0.1, 0.15) is 0 Å². The third-order valence-electron chi connectivity index (χ3n) is 7.33. The number of hydrogen-bond donors (Lipinski definition) is 0. The van der Waals surface area contributed by atoms with Crippen molar-refractivity contribution >= 4 is 5.97 Å². The van der Waals surface area contributed by atoms with E-state index in [4.69, 9.17) is 4.74 Å². The van der Waals surface area contributed by atoms with E-state index in [0.717, 1.165) is 41.4 Å². The molecular weight excluding hydrogens is 336 g/mol. The lowest BCUT2D eigenvalue weighted by Gasteiger charge is -2.35. The highest BCUT2D eigenvalue weighted by Gasteiger charge is 2.58. The summed E-state index contributed by atoms with van der Waals surface area (Å²) < 4.78 is 9.12. The van der Waals surface area contributed by atoms with Crippen LogP contribution in [0, 0.1) is 41.4 Å². The van der Waals surface area contributed by atoms with Crippen LogP contribution >= 0.6 is 0 Å². The molecule has 3 rings (SSSR count). The molecule has 3 nitrogen and oxygen atoms in total. The van der Waals surface area contributed by atoms with Gasteiger partial charge in [0.25, 0.3) is 0 Å². The van der Waals surface area contributed by atoms with Crippen LogP contribution in [0.1, 0.15) is 66.7 Å². The first-order valence-electron chi connectivity index (χ1n) is 10.8. The zero-order valence-corrected chi connectivity index (χ0v) is 18.1. The van der Waals surface area contributed by atoms with Crippen LogP contribution in [0.3, 0.4) is 0 Å². The van der Waals surface area contributed by atoms with Crippen molar-refractivity contribution in [3.05, 3.63) is 24.3 Å². The number of carbonyl (C=O) groups is 1. The summed E-state index contributed by atoms with van der Waals surface area (Å²) in [5.41, 5.74) is 2.51. The third-order valence-corrected chi connectivity index (χ3v) is 7.33. The first-order valence-corrected chi connectivity index (χ1v) is 10.8. The number of ether oxygens (including phenoxy) is 2. The molecule has 3 heteroatoms. The molecular formula is C24H40O3. The van der Waals surface area contributed by atoms with Gasteiger partial charge < -0.3 is 9.47 Å². The van der Waals surface area contributed by atoms with Gasteiger partial charge in [-0.2, -0.15) is 0 Å². The van der Waals surface area contributed by atoms with Gasteiger partial charge in [0.15, 0.2) is 6.79 Å². The zero-order valence-electron chi connectivity index (χ0n) is 18.1. The maximum Gasteiger partial charge on any atom is 0.304 e. The Morgan fingerprint density at radius 1 is 1.04 bits per heavy atom. The van der Waals surface area contributed by atoms with Crippen molar-refractivity contribution in [3.8, 4) is 0 Å². The van der Waals surface area contributed by atoms with Crippen molar-refractivity contribution in [2.45, 2.75) is 66.7 Å². The highest BCUT2D eigenvalue weighted by molar-refractivity contribution is 5.65. The SMILES string of the molecule is C=C(C)C(=C)CC1CC2CC1C1C(C)CC(CC)C21.CCOCOC(C)=O. The Labute approximate surface area is 166 Å². The molecule has 0 heterocycles. The van der Waals surface area contributed by atoms with Gasteiger partial charge >= 0.3 is 5.97 Å². The average Bonchev–Trinajstić information content (AvgIpc) is 3.27. The van der Waals surface area contributed by atoms with Crippen molar-refractivity contribution in [1.29, 1.82) is 0 Å². The van der Waals surface area contributed by atoms with E-state index in [-0.39, 0.29) is 12.8 Å². The van der Waals surface area contributed by atoms with Crippen LogP contribution in [0.15, 0.2) is 24.3 Å². The quantitative estimate of drug-likeness (QED) is 0.236. The predicted octanol–water partition coefficient (Wildman–Crippen LogP) is 6.01. The summed E-state index contributed by atoms with van der Waals surface area (Å²) in [6, 6.07) is 0. The Balaban J connectivity index is 0.000000279. The standard InChI is InChI=1S/C19H30.C5H10O3/c1-6-14-8-13(5)18-17-10-16(19(14)18)9-15(17)7-12(4)11(2)3;1-3-7-4-8-5(2)6/h13-19H,2,4,6-10H2,1,3,5H3;3-4H2,1-2H3. The number of rotatable bonds is 7.